The molecule has 0 aromatic heterocycles. The lowest BCUT2D eigenvalue weighted by Gasteiger charge is -2.07. The summed E-state index contributed by atoms with van der Waals surface area (Å²) in [6, 6.07) is 4.79. The summed E-state index contributed by atoms with van der Waals surface area (Å²) in [6.45, 7) is 3.84. The highest BCUT2D eigenvalue weighted by Crippen LogP contribution is 2.25. The molecule has 0 atom stereocenters. The van der Waals surface area contributed by atoms with Gasteiger partial charge in [-0.05, 0) is 24.5 Å². The van der Waals surface area contributed by atoms with Crippen molar-refractivity contribution < 1.29 is 9.72 Å². The number of hydrogen-bond donors (Lipinski definition) is 1. The Morgan fingerprint density at radius 2 is 2.12 bits per heavy atom. The van der Waals surface area contributed by atoms with E-state index in [0.717, 1.165) is 12.0 Å². The van der Waals surface area contributed by atoms with Crippen molar-refractivity contribution in [3.8, 4) is 0 Å². The Morgan fingerprint density at radius 1 is 1.41 bits per heavy atom. The van der Waals surface area contributed by atoms with Crippen LogP contribution in [0.15, 0.2) is 18.2 Å². The van der Waals surface area contributed by atoms with Crippen LogP contribution in [0, 0.1) is 10.1 Å². The molecule has 0 spiro atoms. The van der Waals surface area contributed by atoms with Gasteiger partial charge in [-0.15, -0.1) is 0 Å². The average molecular weight is 236 g/mol. The third-order valence-electron chi connectivity index (χ3n) is 2.42. The van der Waals surface area contributed by atoms with Gasteiger partial charge >= 0.3 is 0 Å². The number of carbonyl (C=O) groups excluding carboxylic acids is 1. The first kappa shape index (κ1) is 13.2. The molecule has 0 saturated carbocycles. The van der Waals surface area contributed by atoms with E-state index in [0.29, 0.717) is 12.8 Å². The van der Waals surface area contributed by atoms with Gasteiger partial charge in [-0.25, -0.2) is 0 Å². The molecule has 1 N–H and O–H groups in total. The first-order valence-electron chi connectivity index (χ1n) is 5.65. The lowest BCUT2D eigenvalue weighted by molar-refractivity contribution is -0.383. The summed E-state index contributed by atoms with van der Waals surface area (Å²) in [5.41, 5.74) is 1.18. The number of aryl methyl sites for hydroxylation is 1. The van der Waals surface area contributed by atoms with E-state index in [9.17, 15) is 14.9 Å². The van der Waals surface area contributed by atoms with Gasteiger partial charge in [-0.2, -0.15) is 0 Å². The summed E-state index contributed by atoms with van der Waals surface area (Å²) < 4.78 is 0. The van der Waals surface area contributed by atoms with Crippen LogP contribution in [-0.2, 0) is 11.2 Å². The predicted octanol–water partition coefficient (Wildman–Crippen LogP) is 2.90. The molecule has 1 aromatic carbocycles. The van der Waals surface area contributed by atoms with Gasteiger partial charge in [0.2, 0.25) is 5.91 Å². The molecule has 92 valence electrons. The van der Waals surface area contributed by atoms with E-state index in [1.165, 1.54) is 6.07 Å². The second-order valence-electron chi connectivity index (χ2n) is 3.76. The third kappa shape index (κ3) is 3.55. The van der Waals surface area contributed by atoms with Crippen molar-refractivity contribution in [2.75, 3.05) is 5.32 Å². The van der Waals surface area contributed by atoms with Gasteiger partial charge in [0.1, 0.15) is 5.69 Å². The minimum atomic E-state index is -0.485. The highest BCUT2D eigenvalue weighted by Gasteiger charge is 2.15. The maximum atomic E-state index is 11.5. The van der Waals surface area contributed by atoms with E-state index < -0.39 is 4.92 Å². The molecule has 0 heterocycles. The van der Waals surface area contributed by atoms with Crippen molar-refractivity contribution >= 4 is 17.3 Å². The zero-order valence-corrected chi connectivity index (χ0v) is 10.0. The molecular weight excluding hydrogens is 220 g/mol. The Kier molecular flexibility index (Phi) is 4.63. The van der Waals surface area contributed by atoms with Crippen LogP contribution < -0.4 is 5.32 Å². The van der Waals surface area contributed by atoms with Crippen LogP contribution in [0.2, 0.25) is 0 Å². The molecule has 0 unspecified atom stereocenters. The zero-order chi connectivity index (χ0) is 12.8. The molecule has 0 aliphatic carbocycles. The van der Waals surface area contributed by atoms with Crippen molar-refractivity contribution in [2.24, 2.45) is 0 Å². The van der Waals surface area contributed by atoms with E-state index in [1.807, 2.05) is 13.8 Å². The van der Waals surface area contributed by atoms with E-state index in [2.05, 4.69) is 5.32 Å². The Labute approximate surface area is 100.0 Å². The van der Waals surface area contributed by atoms with Gasteiger partial charge in [0, 0.05) is 12.5 Å². The average Bonchev–Trinajstić information content (AvgIpc) is 2.28. The fourth-order valence-electron chi connectivity index (χ4n) is 1.50. The number of nitrogens with zero attached hydrogens (tertiary/aromatic N) is 1. The van der Waals surface area contributed by atoms with Crippen LogP contribution in [0.1, 0.15) is 32.3 Å². The molecule has 5 nitrogen and oxygen atoms in total. The number of nitro groups is 1. The van der Waals surface area contributed by atoms with E-state index >= 15 is 0 Å². The monoisotopic (exact) mass is 236 g/mol. The number of carbonyl (C=O) groups is 1. The lowest BCUT2D eigenvalue weighted by Crippen LogP contribution is -2.12. The standard InChI is InChI=1S/C12H16N2O3/c1-3-5-12(15)13-10-8-9(4-2)6-7-11(10)14(16)17/h6-8H,3-5H2,1-2H3,(H,13,15). The number of nitrogens with one attached hydrogen (secondary N) is 1. The van der Waals surface area contributed by atoms with Crippen LogP contribution in [0.3, 0.4) is 0 Å². The molecule has 17 heavy (non-hydrogen) atoms. The molecule has 0 saturated heterocycles. The number of amides is 1. The SMILES string of the molecule is CCCC(=O)Nc1cc(CC)ccc1[N+](=O)[O-]. The van der Waals surface area contributed by atoms with Crippen LogP contribution >= 0.6 is 0 Å². The first-order chi connectivity index (χ1) is 8.08. The smallest absolute Gasteiger partial charge is 0.292 e. The molecule has 1 rings (SSSR count). The number of anilines is 1. The highest BCUT2D eigenvalue weighted by molar-refractivity contribution is 5.93. The molecule has 1 aromatic rings. The topological polar surface area (TPSA) is 72.2 Å². The van der Waals surface area contributed by atoms with Gasteiger partial charge in [0.05, 0.1) is 4.92 Å². The van der Waals surface area contributed by atoms with Gasteiger partial charge in [-0.1, -0.05) is 19.9 Å². The van der Waals surface area contributed by atoms with Crippen LogP contribution in [0.5, 0.6) is 0 Å². The molecular formula is C12H16N2O3. The van der Waals surface area contributed by atoms with Gasteiger partial charge in [0.25, 0.3) is 5.69 Å². The van der Waals surface area contributed by atoms with Gasteiger partial charge in [-0.3, -0.25) is 14.9 Å². The molecule has 0 radical (unpaired) electrons. The predicted molar refractivity (Wildman–Crippen MR) is 66.0 cm³/mol. The summed E-state index contributed by atoms with van der Waals surface area (Å²) >= 11 is 0. The van der Waals surface area contributed by atoms with Crippen LogP contribution in [-0.4, -0.2) is 10.8 Å². The zero-order valence-electron chi connectivity index (χ0n) is 10.0. The maximum Gasteiger partial charge on any atom is 0.292 e. The van der Waals surface area contributed by atoms with Crippen molar-refractivity contribution in [1.29, 1.82) is 0 Å². The Balaban J connectivity index is 3.00. The second-order valence-corrected chi connectivity index (χ2v) is 3.76. The highest BCUT2D eigenvalue weighted by atomic mass is 16.6. The summed E-state index contributed by atoms with van der Waals surface area (Å²) in [6.07, 6.45) is 1.86. The number of benzene rings is 1. The number of hydrogen-bond acceptors (Lipinski definition) is 3. The van der Waals surface area contributed by atoms with Crippen LogP contribution in [0.4, 0.5) is 11.4 Å². The Bertz CT molecular complexity index is 430. The Morgan fingerprint density at radius 3 is 2.65 bits per heavy atom. The van der Waals surface area contributed by atoms with Crippen molar-refractivity contribution in [3.05, 3.63) is 33.9 Å². The summed E-state index contributed by atoms with van der Waals surface area (Å²) in [7, 11) is 0. The Hall–Kier alpha value is -1.91. The fraction of sp³-hybridized carbons (Fsp3) is 0.417. The normalized spacial score (nSPS) is 10.0. The van der Waals surface area contributed by atoms with E-state index in [-0.39, 0.29) is 17.3 Å². The van der Waals surface area contributed by atoms with Crippen molar-refractivity contribution in [3.63, 3.8) is 0 Å². The summed E-state index contributed by atoms with van der Waals surface area (Å²) in [5.74, 6) is -0.191. The largest absolute Gasteiger partial charge is 0.320 e. The van der Waals surface area contributed by atoms with Crippen molar-refractivity contribution in [1.82, 2.24) is 0 Å². The van der Waals surface area contributed by atoms with Crippen molar-refractivity contribution in [2.45, 2.75) is 33.1 Å². The molecule has 5 heteroatoms. The molecule has 0 bridgehead atoms. The van der Waals surface area contributed by atoms with E-state index in [4.69, 9.17) is 0 Å². The fourth-order valence-corrected chi connectivity index (χ4v) is 1.50. The summed E-state index contributed by atoms with van der Waals surface area (Å²) in [5, 5.41) is 13.4. The van der Waals surface area contributed by atoms with Gasteiger partial charge < -0.3 is 5.32 Å². The number of rotatable bonds is 5. The minimum Gasteiger partial charge on any atom is -0.320 e. The molecule has 0 fully saturated rings. The first-order valence-corrected chi connectivity index (χ1v) is 5.65. The third-order valence-corrected chi connectivity index (χ3v) is 2.42. The maximum absolute atomic E-state index is 11.5. The van der Waals surface area contributed by atoms with Gasteiger partial charge in [0.15, 0.2) is 0 Å². The van der Waals surface area contributed by atoms with E-state index in [1.54, 1.807) is 12.1 Å². The lowest BCUT2D eigenvalue weighted by atomic mass is 10.1. The van der Waals surface area contributed by atoms with Crippen LogP contribution in [0.25, 0.3) is 0 Å². The quantitative estimate of drug-likeness (QED) is 0.631. The minimum absolute atomic E-state index is 0.0633. The molecule has 1 amide bonds. The molecule has 0 aliphatic rings. The summed E-state index contributed by atoms with van der Waals surface area (Å²) in [4.78, 5) is 21.8. The second kappa shape index (κ2) is 5.98. The number of nitro benzene ring substituents is 1. The molecule has 0 aliphatic heterocycles.